The van der Waals surface area contributed by atoms with Crippen LogP contribution in [0.3, 0.4) is 0 Å². The third kappa shape index (κ3) is 4.74. The molecule has 2 aromatic carbocycles. The Morgan fingerprint density at radius 2 is 1.71 bits per heavy atom. The van der Waals surface area contributed by atoms with Crippen molar-refractivity contribution in [3.63, 3.8) is 0 Å². The van der Waals surface area contributed by atoms with Crippen LogP contribution in [0.5, 0.6) is 11.5 Å². The number of nitrogens with zero attached hydrogens (tertiary/aromatic N) is 2. The summed E-state index contributed by atoms with van der Waals surface area (Å²) < 4.78 is 16.6. The van der Waals surface area contributed by atoms with Gasteiger partial charge in [0.05, 0.1) is 31.2 Å². The van der Waals surface area contributed by atoms with Crippen LogP contribution in [0.1, 0.15) is 60.8 Å². The summed E-state index contributed by atoms with van der Waals surface area (Å²) in [6, 6.07) is 19.3. The summed E-state index contributed by atoms with van der Waals surface area (Å²) in [6.07, 6.45) is 6.66. The number of carbonyl (C=O) groups excluding carboxylic acids is 1. The lowest BCUT2D eigenvalue weighted by Gasteiger charge is -2.29. The Balaban J connectivity index is 1.50. The van der Waals surface area contributed by atoms with Gasteiger partial charge in [-0.05, 0) is 92.3 Å². The first-order valence-electron chi connectivity index (χ1n) is 12.3. The van der Waals surface area contributed by atoms with Crippen molar-refractivity contribution in [1.29, 1.82) is 0 Å². The van der Waals surface area contributed by atoms with Crippen molar-refractivity contribution < 1.29 is 18.7 Å². The van der Waals surface area contributed by atoms with Gasteiger partial charge in [-0.1, -0.05) is 24.3 Å². The maximum atomic E-state index is 13.4. The molecule has 0 bridgehead atoms. The second-order valence-corrected chi connectivity index (χ2v) is 8.73. The number of amides is 1. The third-order valence-electron chi connectivity index (χ3n) is 6.51. The molecule has 6 nitrogen and oxygen atoms in total. The van der Waals surface area contributed by atoms with Crippen LogP contribution >= 0.6 is 0 Å². The molecule has 1 aliphatic carbocycles. The molecule has 0 spiro atoms. The van der Waals surface area contributed by atoms with Gasteiger partial charge in [0.25, 0.3) is 0 Å². The molecule has 0 unspecified atom stereocenters. The fraction of sp³-hybridized carbons (Fsp3) is 0.310. The fourth-order valence-electron chi connectivity index (χ4n) is 4.97. The molecular formula is C29H30N2O4. The lowest BCUT2D eigenvalue weighted by atomic mass is 9.77. The van der Waals surface area contributed by atoms with Gasteiger partial charge in [0.15, 0.2) is 5.76 Å². The van der Waals surface area contributed by atoms with E-state index in [1.165, 1.54) is 11.8 Å². The van der Waals surface area contributed by atoms with E-state index in [2.05, 4.69) is 18.2 Å². The Kier molecular flexibility index (Phi) is 6.70. The van der Waals surface area contributed by atoms with Crippen LogP contribution in [0.4, 0.5) is 0 Å². The Morgan fingerprint density at radius 1 is 1.03 bits per heavy atom. The summed E-state index contributed by atoms with van der Waals surface area (Å²) in [7, 11) is 0. The maximum Gasteiger partial charge on any atom is 0.310 e. The maximum absolute atomic E-state index is 13.4. The predicted octanol–water partition coefficient (Wildman–Crippen LogP) is 6.51. The second kappa shape index (κ2) is 10.2. The van der Waals surface area contributed by atoms with Gasteiger partial charge in [-0.3, -0.25) is 4.79 Å². The van der Waals surface area contributed by atoms with Gasteiger partial charge in [0.1, 0.15) is 11.5 Å². The molecule has 6 heteroatoms. The van der Waals surface area contributed by atoms with Crippen LogP contribution in [0.15, 0.2) is 82.0 Å². The molecule has 2 heterocycles. The van der Waals surface area contributed by atoms with E-state index < -0.39 is 0 Å². The highest BCUT2D eigenvalue weighted by Crippen LogP contribution is 2.45. The summed E-state index contributed by atoms with van der Waals surface area (Å²) in [5, 5.41) is 6.54. The second-order valence-electron chi connectivity index (χ2n) is 8.73. The number of allylic oxidation sites excluding steroid dienone is 1. The van der Waals surface area contributed by atoms with Gasteiger partial charge in [0.2, 0.25) is 0 Å². The quantitative estimate of drug-likeness (QED) is 0.395. The van der Waals surface area contributed by atoms with Gasteiger partial charge < -0.3 is 13.9 Å². The topological polar surface area (TPSA) is 64.3 Å². The van der Waals surface area contributed by atoms with E-state index >= 15 is 0 Å². The molecule has 1 saturated carbocycles. The molecule has 2 atom stereocenters. The number of hydrogen-bond donors (Lipinski definition) is 0. The SMILES string of the molecule is CCOc1ccc(/C=C2\CCC[C@@H]3C2=NN(C(=O)c2ccco2)[C@H]3c2ccc(OCC)cc2)cc1. The molecule has 180 valence electrons. The number of benzene rings is 2. The van der Waals surface area contributed by atoms with E-state index in [1.54, 1.807) is 17.1 Å². The largest absolute Gasteiger partial charge is 0.494 e. The highest BCUT2D eigenvalue weighted by atomic mass is 16.5. The van der Waals surface area contributed by atoms with E-state index in [0.29, 0.717) is 19.0 Å². The van der Waals surface area contributed by atoms with Crippen molar-refractivity contribution in [1.82, 2.24) is 5.01 Å². The monoisotopic (exact) mass is 470 g/mol. The van der Waals surface area contributed by atoms with E-state index in [0.717, 1.165) is 47.6 Å². The number of furan rings is 1. The first-order chi connectivity index (χ1) is 17.2. The molecule has 0 saturated heterocycles. The number of rotatable bonds is 7. The summed E-state index contributed by atoms with van der Waals surface area (Å²) in [5.41, 5.74) is 4.31. The Bertz CT molecular complexity index is 1210. The smallest absolute Gasteiger partial charge is 0.310 e. The van der Waals surface area contributed by atoms with Crippen LogP contribution in [0.25, 0.3) is 6.08 Å². The lowest BCUT2D eigenvalue weighted by Crippen LogP contribution is -2.31. The molecule has 1 aliphatic heterocycles. The normalized spacial score (nSPS) is 20.5. The third-order valence-corrected chi connectivity index (χ3v) is 6.51. The highest BCUT2D eigenvalue weighted by Gasteiger charge is 2.44. The zero-order valence-corrected chi connectivity index (χ0v) is 20.1. The molecule has 1 aromatic heterocycles. The fourth-order valence-corrected chi connectivity index (χ4v) is 4.97. The first kappa shape index (κ1) is 23.0. The van der Waals surface area contributed by atoms with Crippen LogP contribution in [-0.2, 0) is 0 Å². The number of fused-ring (bicyclic) bond motifs is 1. The molecule has 1 fully saturated rings. The number of ether oxygens (including phenoxy) is 2. The standard InChI is InChI=1S/C29H30N2O4/c1-3-33-23-14-10-20(11-15-23)19-22-7-5-8-25-27(22)30-31(29(32)26-9-6-18-35-26)28(25)21-12-16-24(17-13-21)34-4-2/h6,9-19,25,28H,3-5,7-8H2,1-2H3/b22-19+/t25-,28+/m1/s1. The molecule has 0 radical (unpaired) electrons. The van der Waals surface area contributed by atoms with Gasteiger partial charge in [0, 0.05) is 5.92 Å². The lowest BCUT2D eigenvalue weighted by molar-refractivity contribution is 0.0648. The van der Waals surface area contributed by atoms with Crippen LogP contribution in [0.2, 0.25) is 0 Å². The van der Waals surface area contributed by atoms with Crippen molar-refractivity contribution in [2.45, 2.75) is 39.2 Å². The van der Waals surface area contributed by atoms with E-state index in [1.807, 2.05) is 50.2 Å². The zero-order chi connectivity index (χ0) is 24.2. The van der Waals surface area contributed by atoms with Gasteiger partial charge in [-0.25, -0.2) is 5.01 Å². The Labute approximate surface area is 205 Å². The number of hydrogen-bond acceptors (Lipinski definition) is 5. The number of hydrazone groups is 1. The van der Waals surface area contributed by atoms with Gasteiger partial charge >= 0.3 is 5.91 Å². The van der Waals surface area contributed by atoms with Crippen molar-refractivity contribution in [2.75, 3.05) is 13.2 Å². The summed E-state index contributed by atoms with van der Waals surface area (Å²) >= 11 is 0. The molecule has 0 N–H and O–H groups in total. The summed E-state index contributed by atoms with van der Waals surface area (Å²) in [6.45, 7) is 5.20. The minimum atomic E-state index is -0.226. The first-order valence-corrected chi connectivity index (χ1v) is 12.3. The Hall–Kier alpha value is -3.80. The van der Waals surface area contributed by atoms with Crippen molar-refractivity contribution in [3.05, 3.63) is 89.4 Å². The average Bonchev–Trinajstić information content (AvgIpc) is 3.55. The zero-order valence-electron chi connectivity index (χ0n) is 20.1. The van der Waals surface area contributed by atoms with Crippen LogP contribution < -0.4 is 9.47 Å². The molecule has 5 rings (SSSR count). The van der Waals surface area contributed by atoms with E-state index in [-0.39, 0.29) is 17.9 Å². The minimum absolute atomic E-state index is 0.120. The van der Waals surface area contributed by atoms with Crippen molar-refractivity contribution in [3.8, 4) is 11.5 Å². The van der Waals surface area contributed by atoms with E-state index in [4.69, 9.17) is 19.0 Å². The summed E-state index contributed by atoms with van der Waals surface area (Å²) in [4.78, 5) is 13.4. The molecular weight excluding hydrogens is 440 g/mol. The van der Waals surface area contributed by atoms with Gasteiger partial charge in [-0.2, -0.15) is 5.10 Å². The Morgan fingerprint density at radius 3 is 2.34 bits per heavy atom. The molecule has 3 aromatic rings. The highest BCUT2D eigenvalue weighted by molar-refractivity contribution is 6.09. The average molecular weight is 471 g/mol. The van der Waals surface area contributed by atoms with Crippen LogP contribution in [0, 0.1) is 5.92 Å². The number of carbonyl (C=O) groups is 1. The minimum Gasteiger partial charge on any atom is -0.494 e. The van der Waals surface area contributed by atoms with Crippen molar-refractivity contribution in [2.24, 2.45) is 11.0 Å². The van der Waals surface area contributed by atoms with E-state index in [9.17, 15) is 4.79 Å². The molecule has 2 aliphatic rings. The predicted molar refractivity (Wildman–Crippen MR) is 136 cm³/mol. The van der Waals surface area contributed by atoms with Crippen LogP contribution in [-0.4, -0.2) is 29.8 Å². The van der Waals surface area contributed by atoms with Crippen molar-refractivity contribution >= 4 is 17.7 Å². The molecule has 35 heavy (non-hydrogen) atoms. The molecule has 1 amide bonds. The summed E-state index contributed by atoms with van der Waals surface area (Å²) in [5.74, 6) is 1.87. The van der Waals surface area contributed by atoms with Gasteiger partial charge in [-0.15, -0.1) is 0 Å².